The van der Waals surface area contributed by atoms with Crippen LogP contribution in [0.1, 0.15) is 51.2 Å². The second-order valence-corrected chi connectivity index (χ2v) is 7.92. The average Bonchev–Trinajstić information content (AvgIpc) is 3.03. The van der Waals surface area contributed by atoms with Crippen LogP contribution >= 0.6 is 0 Å². The van der Waals surface area contributed by atoms with Crippen LogP contribution in [-0.2, 0) is 12.0 Å². The highest BCUT2D eigenvalue weighted by Crippen LogP contribution is 2.43. The van der Waals surface area contributed by atoms with Gasteiger partial charge in [-0.3, -0.25) is 0 Å². The van der Waals surface area contributed by atoms with Crippen molar-refractivity contribution in [2.75, 3.05) is 0 Å². The van der Waals surface area contributed by atoms with Gasteiger partial charge >= 0.3 is 0 Å². The fourth-order valence-electron chi connectivity index (χ4n) is 3.91. The van der Waals surface area contributed by atoms with E-state index in [9.17, 15) is 0 Å². The number of aromatic nitrogens is 3. The summed E-state index contributed by atoms with van der Waals surface area (Å²) in [5.74, 6) is 0.505. The van der Waals surface area contributed by atoms with Crippen molar-refractivity contribution in [1.82, 2.24) is 15.0 Å². The second kappa shape index (κ2) is 5.83. The van der Waals surface area contributed by atoms with E-state index < -0.39 is 0 Å². The van der Waals surface area contributed by atoms with Gasteiger partial charge in [-0.2, -0.15) is 0 Å². The first-order chi connectivity index (χ1) is 12.0. The fourth-order valence-corrected chi connectivity index (χ4v) is 3.91. The molecule has 25 heavy (non-hydrogen) atoms. The molecule has 0 bridgehead atoms. The van der Waals surface area contributed by atoms with Gasteiger partial charge < -0.3 is 0 Å². The molecule has 3 heteroatoms. The Morgan fingerprint density at radius 1 is 1.00 bits per heavy atom. The van der Waals surface area contributed by atoms with Crippen LogP contribution in [0.15, 0.2) is 48.5 Å². The Labute approximate surface area is 149 Å². The van der Waals surface area contributed by atoms with Gasteiger partial charge in [0.05, 0.1) is 11.2 Å². The molecule has 1 aliphatic rings. The first-order valence-corrected chi connectivity index (χ1v) is 9.14. The van der Waals surface area contributed by atoms with E-state index in [1.807, 2.05) is 0 Å². The molecule has 128 valence electrons. The lowest BCUT2D eigenvalue weighted by Crippen LogP contribution is -2.24. The van der Waals surface area contributed by atoms with Crippen molar-refractivity contribution < 1.29 is 0 Å². The van der Waals surface area contributed by atoms with Crippen molar-refractivity contribution in [3.63, 3.8) is 0 Å². The van der Waals surface area contributed by atoms with Gasteiger partial charge in [0.25, 0.3) is 0 Å². The minimum Gasteiger partial charge on any atom is -0.239 e. The first-order valence-electron chi connectivity index (χ1n) is 9.14. The summed E-state index contributed by atoms with van der Waals surface area (Å²) in [7, 11) is 0. The van der Waals surface area contributed by atoms with Gasteiger partial charge in [0.15, 0.2) is 0 Å². The molecule has 3 nitrogen and oxygen atoms in total. The van der Waals surface area contributed by atoms with Crippen LogP contribution in [0.25, 0.3) is 22.5 Å². The Morgan fingerprint density at radius 2 is 1.68 bits per heavy atom. The summed E-state index contributed by atoms with van der Waals surface area (Å²) in [4.78, 5) is 0. The smallest absolute Gasteiger partial charge is 0.121 e. The molecular weight excluding hydrogens is 306 g/mol. The Hall–Kier alpha value is -2.42. The average molecular weight is 331 g/mol. The normalized spacial score (nSPS) is 16.4. The van der Waals surface area contributed by atoms with Gasteiger partial charge in [-0.05, 0) is 50.7 Å². The molecule has 0 radical (unpaired) electrons. The minimum atomic E-state index is -0.119. The number of nitrogens with zero attached hydrogens (tertiary/aromatic N) is 3. The molecule has 0 N–H and O–H groups in total. The van der Waals surface area contributed by atoms with Crippen LogP contribution in [0.5, 0.6) is 0 Å². The Bertz CT molecular complexity index is 915. The van der Waals surface area contributed by atoms with Crippen molar-refractivity contribution in [1.29, 1.82) is 0 Å². The van der Waals surface area contributed by atoms with Crippen molar-refractivity contribution in [2.45, 2.75) is 52.0 Å². The molecule has 0 amide bonds. The van der Waals surface area contributed by atoms with Crippen LogP contribution < -0.4 is 0 Å². The van der Waals surface area contributed by atoms with Crippen molar-refractivity contribution in [3.8, 4) is 22.5 Å². The molecule has 0 spiro atoms. The molecule has 1 unspecified atom stereocenters. The molecule has 0 fully saturated rings. The highest BCUT2D eigenvalue weighted by atomic mass is 15.5. The molecule has 1 heterocycles. The topological polar surface area (TPSA) is 30.7 Å². The van der Waals surface area contributed by atoms with E-state index in [0.29, 0.717) is 5.92 Å². The lowest BCUT2D eigenvalue weighted by Gasteiger charge is -2.27. The third-order valence-corrected chi connectivity index (χ3v) is 5.19. The van der Waals surface area contributed by atoms with Crippen LogP contribution in [0.3, 0.4) is 0 Å². The highest BCUT2D eigenvalue weighted by molar-refractivity contribution is 5.82. The van der Waals surface area contributed by atoms with E-state index in [0.717, 1.165) is 24.2 Å². The summed E-state index contributed by atoms with van der Waals surface area (Å²) in [5.41, 5.74) is 7.31. The zero-order valence-corrected chi connectivity index (χ0v) is 15.5. The highest BCUT2D eigenvalue weighted by Gasteiger charge is 2.30. The number of fused-ring (bicyclic) bond motifs is 5. The molecule has 1 aromatic heterocycles. The Kier molecular flexibility index (Phi) is 3.75. The Balaban J connectivity index is 2.10. The van der Waals surface area contributed by atoms with E-state index in [1.54, 1.807) is 0 Å². The molecule has 4 rings (SSSR count). The summed E-state index contributed by atoms with van der Waals surface area (Å²) in [5, 5.41) is 9.21. The molecule has 3 aromatic rings. The third kappa shape index (κ3) is 2.58. The maximum absolute atomic E-state index is 4.65. The van der Waals surface area contributed by atoms with Crippen molar-refractivity contribution in [2.24, 2.45) is 0 Å². The van der Waals surface area contributed by atoms with Gasteiger partial charge in [-0.1, -0.05) is 60.7 Å². The predicted octanol–water partition coefficient (Wildman–Crippen LogP) is 5.42. The molecular formula is C22H25N3. The van der Waals surface area contributed by atoms with E-state index in [-0.39, 0.29) is 5.54 Å². The summed E-state index contributed by atoms with van der Waals surface area (Å²) >= 11 is 0. The summed E-state index contributed by atoms with van der Waals surface area (Å²) in [6, 6.07) is 17.5. The van der Waals surface area contributed by atoms with Gasteiger partial charge in [0.1, 0.15) is 5.69 Å². The zero-order valence-electron chi connectivity index (χ0n) is 15.5. The van der Waals surface area contributed by atoms with E-state index >= 15 is 0 Å². The largest absolute Gasteiger partial charge is 0.239 e. The lowest BCUT2D eigenvalue weighted by atomic mass is 9.81. The quantitative estimate of drug-likeness (QED) is 0.596. The number of hydrogen-bond donors (Lipinski definition) is 0. The first kappa shape index (κ1) is 16.1. The monoisotopic (exact) mass is 331 g/mol. The fraction of sp³-hybridized carbons (Fsp3) is 0.364. The number of rotatable bonds is 1. The van der Waals surface area contributed by atoms with Crippen molar-refractivity contribution >= 4 is 0 Å². The molecule has 0 aliphatic heterocycles. The second-order valence-electron chi connectivity index (χ2n) is 7.92. The SMILES string of the molecule is CCC1Cc2ccccc2-c2c(nnn2C(C)(C)C)-c2ccccc21. The molecule has 1 aliphatic carbocycles. The van der Waals surface area contributed by atoms with E-state index in [4.69, 9.17) is 0 Å². The summed E-state index contributed by atoms with van der Waals surface area (Å²) in [6.07, 6.45) is 2.17. The minimum absolute atomic E-state index is 0.119. The molecule has 0 saturated carbocycles. The van der Waals surface area contributed by atoms with Crippen LogP contribution in [0.2, 0.25) is 0 Å². The number of benzene rings is 2. The standard InChI is InChI=1S/C22H25N3/c1-5-15-14-16-10-6-7-12-18(16)21-20(19-13-9-8-11-17(15)19)23-24-25(21)22(2,3)4/h6-13,15H,5,14H2,1-4H3. The molecule has 1 atom stereocenters. The van der Waals surface area contributed by atoms with E-state index in [1.165, 1.54) is 22.3 Å². The van der Waals surface area contributed by atoms with E-state index in [2.05, 4.69) is 91.2 Å². The predicted molar refractivity (Wildman–Crippen MR) is 103 cm³/mol. The van der Waals surface area contributed by atoms with Crippen molar-refractivity contribution in [3.05, 3.63) is 59.7 Å². The van der Waals surface area contributed by atoms with Gasteiger partial charge in [0.2, 0.25) is 0 Å². The molecule has 0 saturated heterocycles. The maximum atomic E-state index is 4.65. The summed E-state index contributed by atoms with van der Waals surface area (Å²) in [6.45, 7) is 8.83. The third-order valence-electron chi connectivity index (χ3n) is 5.19. The zero-order chi connectivity index (χ0) is 17.6. The molecule has 2 aromatic carbocycles. The van der Waals surface area contributed by atoms with Crippen LogP contribution in [-0.4, -0.2) is 15.0 Å². The summed E-state index contributed by atoms with van der Waals surface area (Å²) < 4.78 is 2.09. The van der Waals surface area contributed by atoms with Gasteiger partial charge in [-0.15, -0.1) is 5.10 Å². The maximum Gasteiger partial charge on any atom is 0.121 e. The van der Waals surface area contributed by atoms with Crippen LogP contribution in [0.4, 0.5) is 0 Å². The lowest BCUT2D eigenvalue weighted by molar-refractivity contribution is 0.351. The van der Waals surface area contributed by atoms with Gasteiger partial charge in [0, 0.05) is 11.1 Å². The van der Waals surface area contributed by atoms with Crippen LogP contribution in [0, 0.1) is 0 Å². The Morgan fingerprint density at radius 3 is 2.40 bits per heavy atom. The number of hydrogen-bond acceptors (Lipinski definition) is 2. The van der Waals surface area contributed by atoms with Gasteiger partial charge in [-0.25, -0.2) is 4.68 Å².